The summed E-state index contributed by atoms with van der Waals surface area (Å²) in [7, 11) is 1.73. The Kier molecular flexibility index (Phi) is 3.07. The van der Waals surface area contributed by atoms with Crippen LogP contribution in [0.15, 0.2) is 11.1 Å². The first-order valence-corrected chi connectivity index (χ1v) is 4.08. The Morgan fingerprint density at radius 3 is 3.14 bits per heavy atom. The molecule has 0 spiro atoms. The number of rotatable bonds is 3. The van der Waals surface area contributed by atoms with E-state index in [1.165, 1.54) is 6.33 Å². The molecule has 0 saturated carbocycles. The Balaban J connectivity index is 2.91. The highest BCUT2D eigenvalue weighted by molar-refractivity contribution is 5.60. The van der Waals surface area contributed by atoms with Gasteiger partial charge in [0.1, 0.15) is 5.69 Å². The lowest BCUT2D eigenvalue weighted by Gasteiger charge is -2.16. The van der Waals surface area contributed by atoms with Crippen LogP contribution in [0.4, 0.5) is 11.5 Å². The number of aromatic amines is 1. The molecule has 0 atom stereocenters. The van der Waals surface area contributed by atoms with Crippen LogP contribution in [0, 0.1) is 11.3 Å². The molecule has 1 aromatic rings. The van der Waals surface area contributed by atoms with E-state index in [0.717, 1.165) is 0 Å². The Hall–Kier alpha value is -2.03. The van der Waals surface area contributed by atoms with Gasteiger partial charge >= 0.3 is 0 Å². The normalized spacial score (nSPS) is 9.43. The van der Waals surface area contributed by atoms with Crippen molar-refractivity contribution in [1.82, 2.24) is 9.97 Å². The Morgan fingerprint density at radius 2 is 2.50 bits per heavy atom. The molecule has 1 heterocycles. The molecule has 6 heteroatoms. The highest BCUT2D eigenvalue weighted by Gasteiger charge is 2.08. The number of hydrogen-bond donors (Lipinski definition) is 2. The average Bonchev–Trinajstić information content (AvgIpc) is 2.18. The van der Waals surface area contributed by atoms with Crippen molar-refractivity contribution in [3.05, 3.63) is 16.7 Å². The number of nitrogens with two attached hydrogens (primary N) is 1. The van der Waals surface area contributed by atoms with Crippen LogP contribution in [0.5, 0.6) is 0 Å². The lowest BCUT2D eigenvalue weighted by atomic mass is 10.4. The molecule has 0 aliphatic rings. The van der Waals surface area contributed by atoms with Crippen molar-refractivity contribution in [3.63, 3.8) is 0 Å². The molecular formula is C8H11N5O. The first-order chi connectivity index (χ1) is 6.66. The molecule has 0 aromatic carbocycles. The van der Waals surface area contributed by atoms with Gasteiger partial charge in [0.2, 0.25) is 0 Å². The van der Waals surface area contributed by atoms with Gasteiger partial charge in [-0.25, -0.2) is 4.98 Å². The molecule has 74 valence electrons. The molecular weight excluding hydrogens is 182 g/mol. The summed E-state index contributed by atoms with van der Waals surface area (Å²) < 4.78 is 0. The summed E-state index contributed by atoms with van der Waals surface area (Å²) in [6.45, 7) is 0.497. The number of nitrogens with zero attached hydrogens (tertiary/aromatic N) is 3. The summed E-state index contributed by atoms with van der Waals surface area (Å²) in [5.41, 5.74) is 5.24. The highest BCUT2D eigenvalue weighted by atomic mass is 16.1. The third kappa shape index (κ3) is 2.01. The maximum Gasteiger partial charge on any atom is 0.276 e. The molecule has 6 nitrogen and oxygen atoms in total. The van der Waals surface area contributed by atoms with Crippen molar-refractivity contribution in [1.29, 1.82) is 5.26 Å². The number of nitrogens with one attached hydrogen (secondary N) is 1. The van der Waals surface area contributed by atoms with E-state index < -0.39 is 0 Å². The predicted octanol–water partition coefficient (Wildman–Crippen LogP) is -0.298. The van der Waals surface area contributed by atoms with Crippen molar-refractivity contribution >= 4 is 11.5 Å². The van der Waals surface area contributed by atoms with Gasteiger partial charge in [-0.05, 0) is 0 Å². The van der Waals surface area contributed by atoms with Crippen LogP contribution < -0.4 is 16.2 Å². The summed E-state index contributed by atoms with van der Waals surface area (Å²) in [6.07, 6.45) is 1.65. The molecule has 0 saturated heterocycles. The van der Waals surface area contributed by atoms with Crippen LogP contribution in [-0.4, -0.2) is 23.6 Å². The van der Waals surface area contributed by atoms with E-state index in [-0.39, 0.29) is 11.2 Å². The average molecular weight is 193 g/mol. The molecule has 1 aromatic heterocycles. The van der Waals surface area contributed by atoms with Crippen molar-refractivity contribution in [2.24, 2.45) is 0 Å². The minimum absolute atomic E-state index is 0.0768. The Bertz CT molecular complexity index is 405. The number of anilines is 2. The van der Waals surface area contributed by atoms with E-state index in [2.05, 4.69) is 9.97 Å². The van der Waals surface area contributed by atoms with Gasteiger partial charge in [-0.1, -0.05) is 0 Å². The van der Waals surface area contributed by atoms with Crippen LogP contribution in [-0.2, 0) is 0 Å². The monoisotopic (exact) mass is 193 g/mol. The fourth-order valence-corrected chi connectivity index (χ4v) is 1.03. The molecule has 0 aliphatic carbocycles. The molecule has 0 unspecified atom stereocenters. The lowest BCUT2D eigenvalue weighted by molar-refractivity contribution is 0.878. The Morgan fingerprint density at radius 1 is 1.79 bits per heavy atom. The quantitative estimate of drug-likeness (QED) is 0.686. The van der Waals surface area contributed by atoms with Gasteiger partial charge in [0.05, 0.1) is 18.8 Å². The predicted molar refractivity (Wildman–Crippen MR) is 52.8 cm³/mol. The summed E-state index contributed by atoms with van der Waals surface area (Å²) in [5.74, 6) is 0.406. The number of nitrogen functional groups attached to an aromatic ring is 1. The van der Waals surface area contributed by atoms with Crippen molar-refractivity contribution < 1.29 is 0 Å². The molecule has 0 bridgehead atoms. The van der Waals surface area contributed by atoms with Crippen molar-refractivity contribution in [2.75, 3.05) is 24.2 Å². The topological polar surface area (TPSA) is 98.8 Å². The molecule has 3 N–H and O–H groups in total. The zero-order valence-electron chi connectivity index (χ0n) is 7.82. The third-order valence-electron chi connectivity index (χ3n) is 1.79. The van der Waals surface area contributed by atoms with E-state index in [9.17, 15) is 4.79 Å². The van der Waals surface area contributed by atoms with Gasteiger partial charge < -0.3 is 15.6 Å². The zero-order chi connectivity index (χ0) is 10.6. The number of hydrogen-bond acceptors (Lipinski definition) is 5. The SMILES string of the molecule is CN(CCC#N)c1nc[nH]c(=O)c1N. The van der Waals surface area contributed by atoms with Crippen molar-refractivity contribution in [3.8, 4) is 6.07 Å². The minimum atomic E-state index is -0.362. The highest BCUT2D eigenvalue weighted by Crippen LogP contribution is 2.12. The first kappa shape index (κ1) is 10.1. The number of aromatic nitrogens is 2. The van der Waals surface area contributed by atoms with E-state index in [1.54, 1.807) is 11.9 Å². The van der Waals surface area contributed by atoms with Gasteiger partial charge in [0, 0.05) is 13.6 Å². The van der Waals surface area contributed by atoms with Crippen LogP contribution >= 0.6 is 0 Å². The molecule has 1 rings (SSSR count). The van der Waals surface area contributed by atoms with E-state index >= 15 is 0 Å². The Labute approximate surface area is 81.0 Å². The molecule has 0 fully saturated rings. The zero-order valence-corrected chi connectivity index (χ0v) is 7.82. The van der Waals surface area contributed by atoms with Gasteiger partial charge in [0.15, 0.2) is 5.82 Å². The second-order valence-electron chi connectivity index (χ2n) is 2.80. The summed E-state index contributed by atoms with van der Waals surface area (Å²) in [6, 6.07) is 2.01. The fourth-order valence-electron chi connectivity index (χ4n) is 1.03. The van der Waals surface area contributed by atoms with Crippen LogP contribution in [0.2, 0.25) is 0 Å². The maximum atomic E-state index is 11.1. The van der Waals surface area contributed by atoms with E-state index in [4.69, 9.17) is 11.0 Å². The summed E-state index contributed by atoms with van der Waals surface area (Å²) in [4.78, 5) is 19.1. The molecule has 0 aliphatic heterocycles. The largest absolute Gasteiger partial charge is 0.391 e. The number of H-pyrrole nitrogens is 1. The fraction of sp³-hybridized carbons (Fsp3) is 0.375. The third-order valence-corrected chi connectivity index (χ3v) is 1.79. The van der Waals surface area contributed by atoms with Gasteiger partial charge in [-0.15, -0.1) is 0 Å². The number of nitriles is 1. The van der Waals surface area contributed by atoms with Gasteiger partial charge in [-0.2, -0.15) is 5.26 Å². The molecule has 0 radical (unpaired) electrons. The lowest BCUT2D eigenvalue weighted by Crippen LogP contribution is -2.24. The molecule has 14 heavy (non-hydrogen) atoms. The van der Waals surface area contributed by atoms with Crippen LogP contribution in [0.25, 0.3) is 0 Å². The van der Waals surface area contributed by atoms with E-state index in [1.807, 2.05) is 6.07 Å². The minimum Gasteiger partial charge on any atom is -0.391 e. The standard InChI is InChI=1S/C8H11N5O/c1-13(4-2-3-9)7-6(10)8(14)12-5-11-7/h5H,2,4,10H2,1H3,(H,11,12,14). The smallest absolute Gasteiger partial charge is 0.276 e. The molecule has 0 amide bonds. The maximum absolute atomic E-state index is 11.1. The second kappa shape index (κ2) is 4.28. The summed E-state index contributed by atoms with van der Waals surface area (Å²) in [5, 5.41) is 8.39. The summed E-state index contributed by atoms with van der Waals surface area (Å²) >= 11 is 0. The van der Waals surface area contributed by atoms with Crippen molar-refractivity contribution in [2.45, 2.75) is 6.42 Å². The van der Waals surface area contributed by atoms with Gasteiger partial charge in [0.25, 0.3) is 5.56 Å². The van der Waals surface area contributed by atoms with E-state index in [0.29, 0.717) is 18.8 Å². The van der Waals surface area contributed by atoms with Gasteiger partial charge in [-0.3, -0.25) is 4.79 Å². The van der Waals surface area contributed by atoms with Crippen LogP contribution in [0.3, 0.4) is 0 Å². The van der Waals surface area contributed by atoms with Crippen LogP contribution in [0.1, 0.15) is 6.42 Å². The first-order valence-electron chi connectivity index (χ1n) is 4.08. The second-order valence-corrected chi connectivity index (χ2v) is 2.80.